The molecule has 0 radical (unpaired) electrons. The smallest absolute Gasteiger partial charge is 0.407 e. The highest BCUT2D eigenvalue weighted by Gasteiger charge is 2.44. The van der Waals surface area contributed by atoms with Crippen LogP contribution in [0.3, 0.4) is 0 Å². The number of carbonyl (C=O) groups is 1. The van der Waals surface area contributed by atoms with Crippen LogP contribution in [0.25, 0.3) is 6.08 Å². The lowest BCUT2D eigenvalue weighted by molar-refractivity contribution is 0.0529. The molecular formula is C19H24N2O2. The van der Waals surface area contributed by atoms with E-state index in [0.717, 1.165) is 30.4 Å². The van der Waals surface area contributed by atoms with E-state index in [1.54, 1.807) is 0 Å². The van der Waals surface area contributed by atoms with Crippen LogP contribution in [0.2, 0.25) is 0 Å². The molecule has 0 aromatic heterocycles. The van der Waals surface area contributed by atoms with Gasteiger partial charge in [-0.2, -0.15) is 5.26 Å². The van der Waals surface area contributed by atoms with Crippen LogP contribution in [0.4, 0.5) is 4.79 Å². The maximum atomic E-state index is 11.5. The highest BCUT2D eigenvalue weighted by Crippen LogP contribution is 2.47. The summed E-state index contributed by atoms with van der Waals surface area (Å²) in [7, 11) is 0. The molecule has 4 heteroatoms. The second-order valence-electron chi connectivity index (χ2n) is 6.94. The molecule has 0 aliphatic heterocycles. The molecule has 23 heavy (non-hydrogen) atoms. The molecule has 4 nitrogen and oxygen atoms in total. The van der Waals surface area contributed by atoms with E-state index in [1.165, 1.54) is 0 Å². The molecule has 1 fully saturated rings. The Bertz CT molecular complexity index is 632. The van der Waals surface area contributed by atoms with Crippen molar-refractivity contribution in [3.63, 3.8) is 0 Å². The first-order valence-electron chi connectivity index (χ1n) is 8.00. The first-order valence-corrected chi connectivity index (χ1v) is 8.00. The van der Waals surface area contributed by atoms with E-state index >= 15 is 0 Å². The molecule has 1 saturated carbocycles. The van der Waals surface area contributed by atoms with Gasteiger partial charge < -0.3 is 10.1 Å². The first-order chi connectivity index (χ1) is 10.8. The molecule has 1 amide bonds. The third kappa shape index (κ3) is 5.14. The lowest BCUT2D eigenvalue weighted by atomic mass is 9.96. The van der Waals surface area contributed by atoms with Crippen molar-refractivity contribution in [1.29, 1.82) is 5.26 Å². The van der Waals surface area contributed by atoms with Crippen molar-refractivity contribution < 1.29 is 9.53 Å². The standard InChI is InChI=1S/C19H24N2O2/c1-18(2,3)23-17(22)21-12-5-4-7-15-8-6-9-16(13-15)19(14-20)10-11-19/h4,6-9,13H,5,10-12H2,1-3H3,(H,21,22). The van der Waals surface area contributed by atoms with Crippen LogP contribution in [0, 0.1) is 11.3 Å². The van der Waals surface area contributed by atoms with Gasteiger partial charge in [-0.25, -0.2) is 4.79 Å². The van der Waals surface area contributed by atoms with E-state index < -0.39 is 11.7 Å². The van der Waals surface area contributed by atoms with Crippen LogP contribution < -0.4 is 5.32 Å². The Labute approximate surface area is 138 Å². The predicted molar refractivity (Wildman–Crippen MR) is 90.9 cm³/mol. The van der Waals surface area contributed by atoms with Crippen molar-refractivity contribution >= 4 is 12.2 Å². The number of alkyl carbamates (subject to hydrolysis) is 1. The van der Waals surface area contributed by atoms with Crippen molar-refractivity contribution in [3.8, 4) is 6.07 Å². The average Bonchev–Trinajstić information content (AvgIpc) is 3.26. The summed E-state index contributed by atoms with van der Waals surface area (Å²) in [6.45, 7) is 6.06. The first kappa shape index (κ1) is 17.1. The largest absolute Gasteiger partial charge is 0.444 e. The van der Waals surface area contributed by atoms with Crippen LogP contribution in [0.15, 0.2) is 30.3 Å². The molecule has 0 saturated heterocycles. The number of benzene rings is 1. The Balaban J connectivity index is 1.80. The molecular weight excluding hydrogens is 288 g/mol. The maximum absolute atomic E-state index is 11.5. The highest BCUT2D eigenvalue weighted by atomic mass is 16.6. The fraction of sp³-hybridized carbons (Fsp3) is 0.474. The summed E-state index contributed by atoms with van der Waals surface area (Å²) in [5.41, 5.74) is 1.47. The van der Waals surface area contributed by atoms with Gasteiger partial charge in [0.1, 0.15) is 5.60 Å². The molecule has 0 atom stereocenters. The number of ether oxygens (including phenoxy) is 1. The lowest BCUT2D eigenvalue weighted by Crippen LogP contribution is -2.32. The monoisotopic (exact) mass is 312 g/mol. The molecule has 1 aromatic carbocycles. The molecule has 1 N–H and O–H groups in total. The Morgan fingerprint density at radius 2 is 2.17 bits per heavy atom. The van der Waals surface area contributed by atoms with Gasteiger partial charge >= 0.3 is 6.09 Å². The predicted octanol–water partition coefficient (Wildman–Crippen LogP) is 4.17. The summed E-state index contributed by atoms with van der Waals surface area (Å²) >= 11 is 0. The summed E-state index contributed by atoms with van der Waals surface area (Å²) in [6, 6.07) is 10.5. The number of nitrogens with zero attached hydrogens (tertiary/aromatic N) is 1. The van der Waals surface area contributed by atoms with Gasteiger partial charge in [-0.1, -0.05) is 36.4 Å². The molecule has 1 aromatic rings. The number of rotatable bonds is 5. The van der Waals surface area contributed by atoms with Gasteiger partial charge in [-0.3, -0.25) is 0 Å². The average molecular weight is 312 g/mol. The molecule has 0 spiro atoms. The van der Waals surface area contributed by atoms with Gasteiger partial charge in [0.25, 0.3) is 0 Å². The van der Waals surface area contributed by atoms with Gasteiger partial charge in [0, 0.05) is 6.54 Å². The Hall–Kier alpha value is -2.28. The van der Waals surface area contributed by atoms with Gasteiger partial charge in [-0.05, 0) is 51.2 Å². The van der Waals surface area contributed by atoms with Crippen molar-refractivity contribution in [3.05, 3.63) is 41.5 Å². The Morgan fingerprint density at radius 3 is 2.78 bits per heavy atom. The van der Waals surface area contributed by atoms with Crippen molar-refractivity contribution in [2.45, 2.75) is 51.0 Å². The second kappa shape index (κ2) is 6.87. The van der Waals surface area contributed by atoms with Crippen LogP contribution in [-0.2, 0) is 10.2 Å². The molecule has 0 bridgehead atoms. The molecule has 0 unspecified atom stereocenters. The van der Waals surface area contributed by atoms with E-state index in [1.807, 2.05) is 51.1 Å². The number of carbonyl (C=O) groups excluding carboxylic acids is 1. The lowest BCUT2D eigenvalue weighted by Gasteiger charge is -2.19. The van der Waals surface area contributed by atoms with E-state index in [9.17, 15) is 10.1 Å². The molecule has 0 heterocycles. The van der Waals surface area contributed by atoms with E-state index in [0.29, 0.717) is 6.54 Å². The topological polar surface area (TPSA) is 62.1 Å². The van der Waals surface area contributed by atoms with E-state index in [2.05, 4.69) is 17.5 Å². The van der Waals surface area contributed by atoms with Crippen LogP contribution in [0.1, 0.15) is 51.2 Å². The molecule has 122 valence electrons. The number of nitrogens with one attached hydrogen (secondary N) is 1. The van der Waals surface area contributed by atoms with Gasteiger partial charge in [-0.15, -0.1) is 0 Å². The minimum atomic E-state index is -0.472. The van der Waals surface area contributed by atoms with Crippen LogP contribution in [-0.4, -0.2) is 18.2 Å². The highest BCUT2D eigenvalue weighted by molar-refractivity contribution is 5.67. The second-order valence-corrected chi connectivity index (χ2v) is 6.94. The normalized spacial score (nSPS) is 15.9. The molecule has 2 rings (SSSR count). The zero-order valence-corrected chi connectivity index (χ0v) is 14.1. The fourth-order valence-corrected chi connectivity index (χ4v) is 2.32. The van der Waals surface area contributed by atoms with Crippen LogP contribution >= 0.6 is 0 Å². The Morgan fingerprint density at radius 1 is 1.43 bits per heavy atom. The van der Waals surface area contributed by atoms with E-state index in [4.69, 9.17) is 4.74 Å². The summed E-state index contributed by atoms with van der Waals surface area (Å²) in [5.74, 6) is 0. The summed E-state index contributed by atoms with van der Waals surface area (Å²) < 4.78 is 5.17. The summed E-state index contributed by atoms with van der Waals surface area (Å²) in [6.07, 6.45) is 6.29. The van der Waals surface area contributed by atoms with Gasteiger partial charge in [0.15, 0.2) is 0 Å². The van der Waals surface area contributed by atoms with Crippen molar-refractivity contribution in [2.24, 2.45) is 0 Å². The zero-order valence-electron chi connectivity index (χ0n) is 14.1. The van der Waals surface area contributed by atoms with Crippen molar-refractivity contribution in [1.82, 2.24) is 5.32 Å². The summed E-state index contributed by atoms with van der Waals surface area (Å²) in [4.78, 5) is 11.5. The minimum absolute atomic E-state index is 0.248. The summed E-state index contributed by atoms with van der Waals surface area (Å²) in [5, 5.41) is 12.0. The number of amides is 1. The maximum Gasteiger partial charge on any atom is 0.407 e. The van der Waals surface area contributed by atoms with Crippen LogP contribution in [0.5, 0.6) is 0 Å². The third-order valence-electron chi connectivity index (χ3n) is 3.69. The third-order valence-corrected chi connectivity index (χ3v) is 3.69. The van der Waals surface area contributed by atoms with Gasteiger partial charge in [0.05, 0.1) is 11.5 Å². The van der Waals surface area contributed by atoms with Gasteiger partial charge in [0.2, 0.25) is 0 Å². The quantitative estimate of drug-likeness (QED) is 0.830. The number of nitriles is 1. The molecule has 1 aliphatic rings. The number of hydrogen-bond donors (Lipinski definition) is 1. The minimum Gasteiger partial charge on any atom is -0.444 e. The van der Waals surface area contributed by atoms with Crippen molar-refractivity contribution in [2.75, 3.05) is 6.54 Å². The van der Waals surface area contributed by atoms with E-state index in [-0.39, 0.29) is 5.41 Å². The molecule has 1 aliphatic carbocycles. The Kier molecular flexibility index (Phi) is 5.10. The fourth-order valence-electron chi connectivity index (χ4n) is 2.32. The zero-order chi connectivity index (χ0) is 16.9. The SMILES string of the molecule is CC(C)(C)OC(=O)NCCC=Cc1cccc(C2(C#N)CC2)c1. The number of hydrogen-bond acceptors (Lipinski definition) is 3.